The van der Waals surface area contributed by atoms with Crippen LogP contribution in [0.15, 0.2) is 60.7 Å². The van der Waals surface area contributed by atoms with Crippen LogP contribution in [0.2, 0.25) is 0 Å². The van der Waals surface area contributed by atoms with Gasteiger partial charge in [-0.1, -0.05) is 60.7 Å². The first-order valence-electron chi connectivity index (χ1n) is 7.29. The van der Waals surface area contributed by atoms with Crippen molar-refractivity contribution in [2.45, 2.75) is 25.9 Å². The summed E-state index contributed by atoms with van der Waals surface area (Å²) in [4.78, 5) is 14.1. The molecule has 0 saturated carbocycles. The van der Waals surface area contributed by atoms with Gasteiger partial charge in [0.2, 0.25) is 5.91 Å². The van der Waals surface area contributed by atoms with Gasteiger partial charge < -0.3 is 10.6 Å². The quantitative estimate of drug-likeness (QED) is 0.885. The summed E-state index contributed by atoms with van der Waals surface area (Å²) in [6.07, 6.45) is 0.839. The van der Waals surface area contributed by atoms with E-state index in [1.807, 2.05) is 53.4 Å². The smallest absolute Gasteiger partial charge is 0.239 e. The zero-order valence-corrected chi connectivity index (χ0v) is 12.4. The standard InChI is InChI=1S/C18H22N2O/c1-15(19)18(21)20(14-17-10-6-3-7-11-17)13-12-16-8-4-2-5-9-16/h2-11,15H,12-14,19H2,1H3/t15-/m0/s1. The zero-order chi connectivity index (χ0) is 15.1. The molecular formula is C18H22N2O. The number of benzene rings is 2. The number of carbonyl (C=O) groups is 1. The van der Waals surface area contributed by atoms with Crippen molar-refractivity contribution in [1.82, 2.24) is 4.90 Å². The van der Waals surface area contributed by atoms with Crippen molar-refractivity contribution in [2.24, 2.45) is 5.73 Å². The Bertz CT molecular complexity index is 552. The minimum Gasteiger partial charge on any atom is -0.337 e. The predicted molar refractivity (Wildman–Crippen MR) is 85.7 cm³/mol. The van der Waals surface area contributed by atoms with Crippen molar-refractivity contribution in [3.8, 4) is 0 Å². The summed E-state index contributed by atoms with van der Waals surface area (Å²) in [7, 11) is 0. The van der Waals surface area contributed by atoms with Gasteiger partial charge >= 0.3 is 0 Å². The van der Waals surface area contributed by atoms with Crippen molar-refractivity contribution in [3.05, 3.63) is 71.8 Å². The molecule has 0 aromatic heterocycles. The number of nitrogens with zero attached hydrogens (tertiary/aromatic N) is 1. The molecule has 1 atom stereocenters. The fourth-order valence-electron chi connectivity index (χ4n) is 2.27. The number of hydrogen-bond donors (Lipinski definition) is 1. The summed E-state index contributed by atoms with van der Waals surface area (Å²) in [5.74, 6) is -0.00483. The maximum absolute atomic E-state index is 12.3. The lowest BCUT2D eigenvalue weighted by molar-refractivity contribution is -0.132. The molecule has 0 fully saturated rings. The Kier molecular flexibility index (Phi) is 5.52. The molecule has 2 aromatic carbocycles. The molecule has 3 heteroatoms. The predicted octanol–water partition coefficient (Wildman–Crippen LogP) is 2.61. The number of rotatable bonds is 6. The number of hydrogen-bond acceptors (Lipinski definition) is 2. The second-order valence-corrected chi connectivity index (χ2v) is 5.27. The Morgan fingerprint density at radius 2 is 1.52 bits per heavy atom. The first-order valence-corrected chi connectivity index (χ1v) is 7.29. The number of nitrogens with two attached hydrogens (primary N) is 1. The van der Waals surface area contributed by atoms with Gasteiger partial charge in [0.25, 0.3) is 0 Å². The van der Waals surface area contributed by atoms with E-state index >= 15 is 0 Å². The number of amides is 1. The van der Waals surface area contributed by atoms with Gasteiger partial charge in [-0.2, -0.15) is 0 Å². The Hall–Kier alpha value is -2.13. The first kappa shape index (κ1) is 15.3. The molecule has 0 radical (unpaired) electrons. The van der Waals surface area contributed by atoms with Crippen LogP contribution in [0.25, 0.3) is 0 Å². The maximum atomic E-state index is 12.3. The van der Waals surface area contributed by atoms with Crippen LogP contribution in [0, 0.1) is 0 Å². The highest BCUT2D eigenvalue weighted by molar-refractivity contribution is 5.81. The molecule has 3 nitrogen and oxygen atoms in total. The zero-order valence-electron chi connectivity index (χ0n) is 12.4. The molecule has 0 spiro atoms. The lowest BCUT2D eigenvalue weighted by Gasteiger charge is -2.24. The third-order valence-electron chi connectivity index (χ3n) is 3.43. The van der Waals surface area contributed by atoms with Crippen LogP contribution in [-0.4, -0.2) is 23.4 Å². The van der Waals surface area contributed by atoms with E-state index in [0.29, 0.717) is 13.1 Å². The average molecular weight is 282 g/mol. The molecule has 110 valence electrons. The van der Waals surface area contributed by atoms with Crippen LogP contribution in [0.4, 0.5) is 0 Å². The van der Waals surface area contributed by atoms with Gasteiger partial charge in [0.15, 0.2) is 0 Å². The van der Waals surface area contributed by atoms with Gasteiger partial charge in [0.05, 0.1) is 6.04 Å². The Labute approximate surface area is 126 Å². The maximum Gasteiger partial charge on any atom is 0.239 e. The molecule has 2 aromatic rings. The van der Waals surface area contributed by atoms with Gasteiger partial charge in [-0.3, -0.25) is 4.79 Å². The minimum absolute atomic E-state index is 0.00483. The molecule has 0 heterocycles. The van der Waals surface area contributed by atoms with Crippen LogP contribution in [-0.2, 0) is 17.8 Å². The molecule has 0 aliphatic rings. The highest BCUT2D eigenvalue weighted by Crippen LogP contribution is 2.08. The van der Waals surface area contributed by atoms with Gasteiger partial charge in [-0.25, -0.2) is 0 Å². The van der Waals surface area contributed by atoms with E-state index in [4.69, 9.17) is 5.73 Å². The van der Waals surface area contributed by atoms with Gasteiger partial charge in [-0.05, 0) is 24.5 Å². The van der Waals surface area contributed by atoms with E-state index in [9.17, 15) is 4.79 Å². The third-order valence-corrected chi connectivity index (χ3v) is 3.43. The molecular weight excluding hydrogens is 260 g/mol. The summed E-state index contributed by atoms with van der Waals surface area (Å²) in [5, 5.41) is 0. The molecule has 0 bridgehead atoms. The van der Waals surface area contributed by atoms with Crippen LogP contribution in [0.3, 0.4) is 0 Å². The van der Waals surface area contributed by atoms with E-state index < -0.39 is 6.04 Å². The Morgan fingerprint density at radius 3 is 2.05 bits per heavy atom. The first-order chi connectivity index (χ1) is 10.2. The summed E-state index contributed by atoms with van der Waals surface area (Å²) >= 11 is 0. The van der Waals surface area contributed by atoms with Crippen molar-refractivity contribution < 1.29 is 4.79 Å². The molecule has 0 aliphatic carbocycles. The number of carbonyl (C=O) groups excluding carboxylic acids is 1. The fraction of sp³-hybridized carbons (Fsp3) is 0.278. The van der Waals surface area contributed by atoms with Gasteiger partial charge in [-0.15, -0.1) is 0 Å². The largest absolute Gasteiger partial charge is 0.337 e. The Balaban J connectivity index is 2.04. The monoisotopic (exact) mass is 282 g/mol. The summed E-state index contributed by atoms with van der Waals surface area (Å²) < 4.78 is 0. The lowest BCUT2D eigenvalue weighted by atomic mass is 10.1. The summed E-state index contributed by atoms with van der Waals surface area (Å²) in [6, 6.07) is 19.7. The molecule has 0 unspecified atom stereocenters. The van der Waals surface area contributed by atoms with Crippen LogP contribution in [0.1, 0.15) is 18.1 Å². The SMILES string of the molecule is C[C@H](N)C(=O)N(CCc1ccccc1)Cc1ccccc1. The molecule has 2 rings (SSSR count). The van der Waals surface area contributed by atoms with Crippen molar-refractivity contribution in [1.29, 1.82) is 0 Å². The lowest BCUT2D eigenvalue weighted by Crippen LogP contribution is -2.42. The van der Waals surface area contributed by atoms with E-state index in [0.717, 1.165) is 12.0 Å². The topological polar surface area (TPSA) is 46.3 Å². The normalized spacial score (nSPS) is 11.9. The average Bonchev–Trinajstić information content (AvgIpc) is 2.52. The molecule has 2 N–H and O–H groups in total. The van der Waals surface area contributed by atoms with Crippen LogP contribution in [0.5, 0.6) is 0 Å². The van der Waals surface area contributed by atoms with Gasteiger partial charge in [0.1, 0.15) is 0 Å². The molecule has 0 saturated heterocycles. The highest BCUT2D eigenvalue weighted by atomic mass is 16.2. The van der Waals surface area contributed by atoms with Crippen molar-refractivity contribution in [3.63, 3.8) is 0 Å². The second-order valence-electron chi connectivity index (χ2n) is 5.27. The summed E-state index contributed by atoms with van der Waals surface area (Å²) in [6.45, 7) is 3.02. The Morgan fingerprint density at radius 1 is 1.00 bits per heavy atom. The van der Waals surface area contributed by atoms with Crippen LogP contribution >= 0.6 is 0 Å². The van der Waals surface area contributed by atoms with Crippen molar-refractivity contribution >= 4 is 5.91 Å². The molecule has 1 amide bonds. The van der Waals surface area contributed by atoms with Crippen LogP contribution < -0.4 is 5.73 Å². The molecule has 0 aliphatic heterocycles. The highest BCUT2D eigenvalue weighted by Gasteiger charge is 2.17. The fourth-order valence-corrected chi connectivity index (χ4v) is 2.27. The second kappa shape index (κ2) is 7.60. The van der Waals surface area contributed by atoms with Gasteiger partial charge in [0, 0.05) is 13.1 Å². The van der Waals surface area contributed by atoms with Crippen molar-refractivity contribution in [2.75, 3.05) is 6.54 Å². The van der Waals surface area contributed by atoms with E-state index in [1.54, 1.807) is 6.92 Å². The minimum atomic E-state index is -0.468. The summed E-state index contributed by atoms with van der Waals surface area (Å²) in [5.41, 5.74) is 8.12. The van der Waals surface area contributed by atoms with E-state index in [2.05, 4.69) is 12.1 Å². The molecule has 21 heavy (non-hydrogen) atoms. The van der Waals surface area contributed by atoms with E-state index in [1.165, 1.54) is 5.56 Å². The van der Waals surface area contributed by atoms with E-state index in [-0.39, 0.29) is 5.91 Å². The third kappa shape index (κ3) is 4.72.